The fourth-order valence-electron chi connectivity index (χ4n) is 9.08. The first-order valence-electron chi connectivity index (χ1n) is 22.9. The normalized spacial score (nSPS) is 19.1. The maximum absolute atomic E-state index is 14.5. The molecule has 0 aliphatic carbocycles. The van der Waals surface area contributed by atoms with Crippen LogP contribution in [-0.4, -0.2) is 101 Å². The van der Waals surface area contributed by atoms with Gasteiger partial charge in [0.05, 0.1) is 50.3 Å². The number of carbonyl (C=O) groups excluding carboxylic acids is 4. The van der Waals surface area contributed by atoms with E-state index in [0.29, 0.717) is 0 Å². The topological polar surface area (TPSA) is 206 Å². The van der Waals surface area contributed by atoms with Gasteiger partial charge in [0.2, 0.25) is 35.4 Å². The molecule has 3 N–H and O–H groups in total. The smallest absolute Gasteiger partial charge is 0.243 e. The molecule has 0 bridgehead atoms. The first-order valence-corrected chi connectivity index (χ1v) is 24.7. The average molecular weight is 960 g/mol. The summed E-state index contributed by atoms with van der Waals surface area (Å²) in [5.41, 5.74) is 10.2. The molecule has 0 spiro atoms. The van der Waals surface area contributed by atoms with E-state index in [2.05, 4.69) is 35.8 Å². The van der Waals surface area contributed by atoms with E-state index in [-0.39, 0.29) is 87.0 Å². The third-order valence-electron chi connectivity index (χ3n) is 12.7. The van der Waals surface area contributed by atoms with Gasteiger partial charge >= 0.3 is 0 Å². The molecule has 4 amide bonds. The van der Waals surface area contributed by atoms with Crippen LogP contribution in [0.1, 0.15) is 92.2 Å². The highest BCUT2D eigenvalue weighted by Crippen LogP contribution is 2.34. The molecule has 4 aromatic heterocycles. The van der Waals surface area contributed by atoms with E-state index >= 15 is 0 Å². The van der Waals surface area contributed by atoms with Crippen LogP contribution in [0.15, 0.2) is 88.5 Å². The quantitative estimate of drug-likeness (QED) is 0.0886. The van der Waals surface area contributed by atoms with E-state index in [9.17, 15) is 24.3 Å². The van der Waals surface area contributed by atoms with Crippen LogP contribution in [0.4, 0.5) is 0 Å². The molecule has 2 aromatic carbocycles. The number of likely N-dealkylation sites (tertiary alicyclic amines) is 2. The van der Waals surface area contributed by atoms with Crippen LogP contribution in [0.3, 0.4) is 0 Å². The third kappa shape index (κ3) is 10.9. The predicted octanol–water partition coefficient (Wildman–Crippen LogP) is 6.59. The monoisotopic (exact) mass is 959 g/mol. The van der Waals surface area contributed by atoms with Crippen molar-refractivity contribution in [2.75, 3.05) is 13.1 Å². The minimum atomic E-state index is -0.902. The van der Waals surface area contributed by atoms with Gasteiger partial charge in [0.15, 0.2) is 0 Å². The zero-order valence-corrected chi connectivity index (χ0v) is 40.6. The molecule has 0 radical (unpaired) electrons. The van der Waals surface area contributed by atoms with Crippen molar-refractivity contribution in [3.05, 3.63) is 124 Å². The van der Waals surface area contributed by atoms with Crippen molar-refractivity contribution in [2.24, 2.45) is 11.8 Å². The van der Waals surface area contributed by atoms with Crippen LogP contribution in [0.25, 0.3) is 20.9 Å². The van der Waals surface area contributed by atoms with E-state index in [1.807, 2.05) is 107 Å². The number of benzene rings is 2. The number of pyridine rings is 1. The van der Waals surface area contributed by atoms with E-state index in [1.165, 1.54) is 4.90 Å². The second kappa shape index (κ2) is 21.4. The molecule has 16 nitrogen and oxygen atoms in total. The van der Waals surface area contributed by atoms with Gasteiger partial charge in [0, 0.05) is 51.4 Å². The van der Waals surface area contributed by atoms with E-state index in [0.717, 1.165) is 49.0 Å². The van der Waals surface area contributed by atoms with Crippen LogP contribution in [0, 0.1) is 25.7 Å². The number of hydrogen-bond acceptors (Lipinski definition) is 14. The lowest BCUT2D eigenvalue weighted by atomic mass is 9.88. The van der Waals surface area contributed by atoms with Crippen LogP contribution in [0.5, 0.6) is 0 Å². The fourth-order valence-corrected chi connectivity index (χ4v) is 10.7. The van der Waals surface area contributed by atoms with Crippen molar-refractivity contribution in [3.63, 3.8) is 0 Å². The molecule has 18 heteroatoms. The minimum Gasteiger partial charge on any atom is -0.422 e. The fraction of sp³-hybridized carbons (Fsp3) is 0.420. The zero-order chi connectivity index (χ0) is 48.1. The molecule has 6 atom stereocenters. The number of rotatable bonds is 17. The van der Waals surface area contributed by atoms with Crippen molar-refractivity contribution in [3.8, 4) is 20.9 Å². The largest absolute Gasteiger partial charge is 0.422 e. The second-order valence-corrected chi connectivity index (χ2v) is 19.9. The van der Waals surface area contributed by atoms with Gasteiger partial charge in [-0.2, -0.15) is 0 Å². The molecule has 6 aromatic rings. The molecular weight excluding hydrogens is 903 g/mol. The Balaban J connectivity index is 0.916. The Morgan fingerprint density at radius 3 is 1.81 bits per heavy atom. The zero-order valence-electron chi connectivity index (χ0n) is 39.0. The number of thiazole rings is 2. The van der Waals surface area contributed by atoms with Gasteiger partial charge in [-0.1, -0.05) is 82.3 Å². The first kappa shape index (κ1) is 48.3. The minimum absolute atomic E-state index is 0.0171. The van der Waals surface area contributed by atoms with E-state index in [4.69, 9.17) is 9.15 Å². The maximum atomic E-state index is 14.5. The Hall–Kier alpha value is -6.21. The van der Waals surface area contributed by atoms with Crippen molar-refractivity contribution in [1.29, 1.82) is 0 Å². The van der Waals surface area contributed by atoms with Crippen LogP contribution in [-0.2, 0) is 43.6 Å². The SMILES string of the molecule is Cc1ncsc1-c1ccc(CNC(=O)[C@@H]2C[C@@H](OCc3nnc([C@H](C(=O)N4C[C@H](O)C[C@H]4C(=O)NCc4ccc(-c5scnc5C)cc4)C(C)C)o3)CN2C(=O)[C@@H](c2cccnc2)C(C)C)cc1. The molecule has 68 heavy (non-hydrogen) atoms. The standard InChI is InChI=1S/C50H57N9O7S2/c1-28(2)42(36-8-7-17-51-22-36)49(63)59-24-38(19-40(59)47(62)53-21-33-11-15-35(16-12-33)45-31(6)55-27-68-45)65-25-41-56-57-48(66-41)43(29(3)4)50(64)58-23-37(60)18-39(58)46(61)52-20-32-9-13-34(14-10-32)44-30(5)54-26-67-44/h7-17,22,26-29,37-40,42-43,60H,18-21,23-25H2,1-6H3,(H,52,61)(H,53,62)/t37-,38-,39+,40+,42-,43-/m1/s1. The number of carbonyl (C=O) groups is 4. The van der Waals surface area contributed by atoms with Crippen molar-refractivity contribution >= 4 is 46.3 Å². The van der Waals surface area contributed by atoms with E-state index < -0.39 is 42.0 Å². The van der Waals surface area contributed by atoms with Crippen LogP contribution >= 0.6 is 22.7 Å². The highest BCUT2D eigenvalue weighted by atomic mass is 32.1. The highest BCUT2D eigenvalue weighted by molar-refractivity contribution is 7.13. The molecule has 2 aliphatic heterocycles. The van der Waals surface area contributed by atoms with Gasteiger partial charge < -0.3 is 34.7 Å². The van der Waals surface area contributed by atoms with Gasteiger partial charge in [0.1, 0.15) is 24.6 Å². The molecule has 6 heterocycles. The van der Waals surface area contributed by atoms with Gasteiger partial charge in [-0.25, -0.2) is 9.97 Å². The summed E-state index contributed by atoms with van der Waals surface area (Å²) in [7, 11) is 0. The molecule has 356 valence electrons. The van der Waals surface area contributed by atoms with Crippen molar-refractivity contribution in [1.82, 2.24) is 45.6 Å². The van der Waals surface area contributed by atoms with Crippen LogP contribution < -0.4 is 10.6 Å². The van der Waals surface area contributed by atoms with Crippen molar-refractivity contribution in [2.45, 2.75) is 110 Å². The number of β-amino-alcohol motifs (C(OH)–C–C–N with tert-alkyl or cyclic N) is 1. The molecule has 2 saturated heterocycles. The summed E-state index contributed by atoms with van der Waals surface area (Å²) in [6, 6.07) is 17.8. The van der Waals surface area contributed by atoms with Gasteiger partial charge in [0.25, 0.3) is 0 Å². The Kier molecular flexibility index (Phi) is 15.2. The summed E-state index contributed by atoms with van der Waals surface area (Å²) in [6.45, 7) is 12.1. The summed E-state index contributed by atoms with van der Waals surface area (Å²) in [5, 5.41) is 25.2. The molecule has 0 unspecified atom stereocenters. The summed E-state index contributed by atoms with van der Waals surface area (Å²) in [5.74, 6) is -2.92. The lowest BCUT2D eigenvalue weighted by Gasteiger charge is -2.30. The summed E-state index contributed by atoms with van der Waals surface area (Å²) in [4.78, 5) is 74.6. The van der Waals surface area contributed by atoms with Gasteiger partial charge in [-0.05, 0) is 59.6 Å². The Morgan fingerprint density at radius 2 is 1.29 bits per heavy atom. The molecule has 2 aliphatic rings. The predicted molar refractivity (Wildman–Crippen MR) is 257 cm³/mol. The maximum Gasteiger partial charge on any atom is 0.243 e. The second-order valence-electron chi connectivity index (χ2n) is 18.2. The third-order valence-corrected chi connectivity index (χ3v) is 14.6. The average Bonchev–Trinajstić information content (AvgIpc) is 4.20. The molecular formula is C50H57N9O7S2. The number of aryl methyl sites for hydroxylation is 2. The number of nitrogens with zero attached hydrogens (tertiary/aromatic N) is 7. The van der Waals surface area contributed by atoms with Gasteiger partial charge in [-0.15, -0.1) is 32.9 Å². The molecule has 2 fully saturated rings. The number of hydrogen-bond donors (Lipinski definition) is 3. The highest BCUT2D eigenvalue weighted by Gasteiger charge is 2.45. The van der Waals surface area contributed by atoms with Crippen molar-refractivity contribution < 1.29 is 33.4 Å². The Morgan fingerprint density at radius 1 is 0.750 bits per heavy atom. The Labute approximate surface area is 403 Å². The van der Waals surface area contributed by atoms with Gasteiger partial charge in [-0.3, -0.25) is 24.2 Å². The summed E-state index contributed by atoms with van der Waals surface area (Å²) >= 11 is 3.15. The van der Waals surface area contributed by atoms with Crippen LogP contribution in [0.2, 0.25) is 0 Å². The first-order chi connectivity index (χ1) is 32.7. The van der Waals surface area contributed by atoms with E-state index in [1.54, 1.807) is 46.0 Å². The number of ether oxygens (including phenoxy) is 1. The number of aliphatic hydroxyl groups excluding tert-OH is 1. The Bertz CT molecular complexity index is 2690. The number of amides is 4. The lowest BCUT2D eigenvalue weighted by Crippen LogP contribution is -2.48. The number of aliphatic hydroxyl groups is 1. The molecule has 8 rings (SSSR count). The number of nitrogens with one attached hydrogen (secondary N) is 2. The lowest BCUT2D eigenvalue weighted by molar-refractivity contribution is -0.141. The summed E-state index contributed by atoms with van der Waals surface area (Å²) < 4.78 is 12.4. The summed E-state index contributed by atoms with van der Waals surface area (Å²) in [6.07, 6.45) is 2.23. The molecule has 0 saturated carbocycles. The number of aromatic nitrogens is 5.